The largest absolute Gasteiger partial charge is 0.352 e. The van der Waals surface area contributed by atoms with E-state index in [0.717, 1.165) is 39.6 Å². The number of hydrogen-bond acceptors (Lipinski definition) is 4. The molecule has 2 aromatic heterocycles. The van der Waals surface area contributed by atoms with E-state index in [1.54, 1.807) is 12.3 Å². The van der Waals surface area contributed by atoms with Crippen molar-refractivity contribution in [3.8, 4) is 0 Å². The first kappa shape index (κ1) is 20.2. The molecule has 0 radical (unpaired) electrons. The second-order valence-corrected chi connectivity index (χ2v) is 8.32. The Labute approximate surface area is 180 Å². The predicted octanol–water partition coefficient (Wildman–Crippen LogP) is 5.09. The molecule has 2 heterocycles. The first-order chi connectivity index (χ1) is 14.6. The molecular weight excluding hydrogens is 392 g/mol. The van der Waals surface area contributed by atoms with Crippen molar-refractivity contribution in [2.75, 3.05) is 6.54 Å². The minimum Gasteiger partial charge on any atom is -0.352 e. The van der Waals surface area contributed by atoms with Gasteiger partial charge in [0, 0.05) is 24.1 Å². The number of hydrogen-bond donors (Lipinski definition) is 2. The van der Waals surface area contributed by atoms with Gasteiger partial charge in [0.15, 0.2) is 0 Å². The molecule has 0 aliphatic rings. The number of rotatable bonds is 7. The summed E-state index contributed by atoms with van der Waals surface area (Å²) in [5.41, 5.74) is 5.02. The Kier molecular flexibility index (Phi) is 6.14. The molecule has 30 heavy (non-hydrogen) atoms. The van der Waals surface area contributed by atoms with Gasteiger partial charge < -0.3 is 10.3 Å². The van der Waals surface area contributed by atoms with Crippen LogP contribution in [0, 0.1) is 13.8 Å². The van der Waals surface area contributed by atoms with Crippen molar-refractivity contribution in [1.82, 2.24) is 20.3 Å². The molecule has 0 aliphatic heterocycles. The Morgan fingerprint density at radius 2 is 1.97 bits per heavy atom. The zero-order valence-corrected chi connectivity index (χ0v) is 17.9. The van der Waals surface area contributed by atoms with E-state index in [0.29, 0.717) is 12.1 Å². The fraction of sp³-hybridized carbons (Fsp3) is 0.208. The second-order valence-electron chi connectivity index (χ2n) is 7.29. The lowest BCUT2D eigenvalue weighted by Gasteiger charge is -2.10. The van der Waals surface area contributed by atoms with E-state index in [1.807, 2.05) is 30.3 Å². The van der Waals surface area contributed by atoms with Gasteiger partial charge in [-0.05, 0) is 56.2 Å². The Bertz CT molecular complexity index is 1150. The van der Waals surface area contributed by atoms with Gasteiger partial charge in [0.1, 0.15) is 10.9 Å². The Morgan fingerprint density at radius 3 is 2.80 bits per heavy atom. The van der Waals surface area contributed by atoms with Gasteiger partial charge in [-0.15, -0.1) is 0 Å². The van der Waals surface area contributed by atoms with Crippen molar-refractivity contribution in [2.24, 2.45) is 0 Å². The maximum absolute atomic E-state index is 12.8. The van der Waals surface area contributed by atoms with Crippen molar-refractivity contribution in [3.63, 3.8) is 0 Å². The number of para-hydroxylation sites is 2. The molecule has 0 aliphatic carbocycles. The third kappa shape index (κ3) is 4.71. The van der Waals surface area contributed by atoms with Crippen LogP contribution < -0.4 is 5.32 Å². The summed E-state index contributed by atoms with van der Waals surface area (Å²) in [5, 5.41) is 3.74. The average molecular weight is 417 g/mol. The third-order valence-electron chi connectivity index (χ3n) is 4.87. The number of aromatic nitrogens is 3. The van der Waals surface area contributed by atoms with Crippen LogP contribution in [0.15, 0.2) is 70.7 Å². The topological polar surface area (TPSA) is 70.7 Å². The number of benzene rings is 2. The SMILES string of the molecule is Cc1ccc(Sc2ncccc2C(=O)NCCCc2nc3ccccc3[nH]2)c(C)c1. The van der Waals surface area contributed by atoms with Crippen LogP contribution in [-0.2, 0) is 6.42 Å². The first-order valence-electron chi connectivity index (χ1n) is 10.0. The lowest BCUT2D eigenvalue weighted by atomic mass is 10.2. The number of nitrogens with zero attached hydrogens (tertiary/aromatic N) is 2. The molecule has 0 spiro atoms. The Balaban J connectivity index is 1.36. The van der Waals surface area contributed by atoms with Crippen LogP contribution in [0.4, 0.5) is 0 Å². The molecule has 2 aromatic carbocycles. The van der Waals surface area contributed by atoms with Crippen LogP contribution in [0.3, 0.4) is 0 Å². The van der Waals surface area contributed by atoms with Crippen LogP contribution in [0.25, 0.3) is 11.0 Å². The Hall–Kier alpha value is -3.12. The minimum atomic E-state index is -0.0972. The van der Waals surface area contributed by atoms with Crippen LogP contribution in [0.1, 0.15) is 33.7 Å². The van der Waals surface area contributed by atoms with E-state index in [2.05, 4.69) is 52.3 Å². The number of aromatic amines is 1. The third-order valence-corrected chi connectivity index (χ3v) is 6.06. The number of carbonyl (C=O) groups excluding carboxylic acids is 1. The molecule has 4 aromatic rings. The van der Waals surface area contributed by atoms with Gasteiger partial charge in [-0.2, -0.15) is 0 Å². The number of fused-ring (bicyclic) bond motifs is 1. The molecule has 4 rings (SSSR count). The maximum Gasteiger partial charge on any atom is 0.254 e. The molecule has 152 valence electrons. The number of H-pyrrole nitrogens is 1. The zero-order chi connectivity index (χ0) is 20.9. The average Bonchev–Trinajstić information content (AvgIpc) is 3.16. The molecule has 5 nitrogen and oxygen atoms in total. The minimum absolute atomic E-state index is 0.0972. The number of amides is 1. The van der Waals surface area contributed by atoms with Crippen LogP contribution in [0.5, 0.6) is 0 Å². The molecule has 1 amide bonds. The number of carbonyl (C=O) groups is 1. The number of pyridine rings is 1. The van der Waals surface area contributed by atoms with Crippen LogP contribution in [0.2, 0.25) is 0 Å². The number of imidazole rings is 1. The summed E-state index contributed by atoms with van der Waals surface area (Å²) in [4.78, 5) is 26.2. The van der Waals surface area contributed by atoms with E-state index in [1.165, 1.54) is 22.9 Å². The summed E-state index contributed by atoms with van der Waals surface area (Å²) >= 11 is 1.53. The van der Waals surface area contributed by atoms with E-state index in [9.17, 15) is 4.79 Å². The molecule has 6 heteroatoms. The Morgan fingerprint density at radius 1 is 1.10 bits per heavy atom. The highest BCUT2D eigenvalue weighted by Crippen LogP contribution is 2.31. The normalized spacial score (nSPS) is 11.0. The van der Waals surface area contributed by atoms with E-state index in [-0.39, 0.29) is 5.91 Å². The standard InChI is InChI=1S/C24H24N4OS/c1-16-11-12-21(17(2)15-16)30-24-18(7-5-14-26-24)23(29)25-13-6-10-22-27-19-8-3-4-9-20(19)28-22/h3-5,7-9,11-12,14-15H,6,10,13H2,1-2H3,(H,25,29)(H,27,28). The van der Waals surface area contributed by atoms with E-state index in [4.69, 9.17) is 0 Å². The second kappa shape index (κ2) is 9.13. The molecule has 0 saturated carbocycles. The molecular formula is C24H24N4OS. The van der Waals surface area contributed by atoms with E-state index >= 15 is 0 Å². The van der Waals surface area contributed by atoms with Crippen molar-refractivity contribution in [2.45, 2.75) is 36.6 Å². The quantitative estimate of drug-likeness (QED) is 0.412. The van der Waals surface area contributed by atoms with Gasteiger partial charge in [-0.1, -0.05) is 41.6 Å². The summed E-state index contributed by atoms with van der Waals surface area (Å²) in [5.74, 6) is 0.845. The number of nitrogens with one attached hydrogen (secondary N) is 2. The number of aryl methyl sites for hydroxylation is 3. The molecule has 2 N–H and O–H groups in total. The van der Waals surface area contributed by atoms with Crippen molar-refractivity contribution >= 4 is 28.7 Å². The molecule has 0 unspecified atom stereocenters. The highest BCUT2D eigenvalue weighted by molar-refractivity contribution is 7.99. The summed E-state index contributed by atoms with van der Waals surface area (Å²) in [7, 11) is 0. The van der Waals surface area contributed by atoms with Crippen molar-refractivity contribution < 1.29 is 4.79 Å². The smallest absolute Gasteiger partial charge is 0.254 e. The maximum atomic E-state index is 12.8. The molecule has 0 bridgehead atoms. The summed E-state index contributed by atoms with van der Waals surface area (Å²) < 4.78 is 0. The zero-order valence-electron chi connectivity index (χ0n) is 17.1. The van der Waals surface area contributed by atoms with Gasteiger partial charge in [-0.3, -0.25) is 4.79 Å². The lowest BCUT2D eigenvalue weighted by Crippen LogP contribution is -2.25. The fourth-order valence-corrected chi connectivity index (χ4v) is 4.29. The predicted molar refractivity (Wildman–Crippen MR) is 121 cm³/mol. The van der Waals surface area contributed by atoms with Crippen LogP contribution >= 0.6 is 11.8 Å². The van der Waals surface area contributed by atoms with Gasteiger partial charge in [-0.25, -0.2) is 9.97 Å². The summed E-state index contributed by atoms with van der Waals surface area (Å²) in [6, 6.07) is 17.9. The highest BCUT2D eigenvalue weighted by Gasteiger charge is 2.14. The highest BCUT2D eigenvalue weighted by atomic mass is 32.2. The molecule has 0 saturated heterocycles. The molecule has 0 atom stereocenters. The first-order valence-corrected chi connectivity index (χ1v) is 10.8. The van der Waals surface area contributed by atoms with Crippen molar-refractivity contribution in [3.05, 3.63) is 83.3 Å². The van der Waals surface area contributed by atoms with Crippen LogP contribution in [-0.4, -0.2) is 27.4 Å². The summed E-state index contributed by atoms with van der Waals surface area (Å²) in [6.45, 7) is 4.74. The van der Waals surface area contributed by atoms with Crippen molar-refractivity contribution in [1.29, 1.82) is 0 Å². The lowest BCUT2D eigenvalue weighted by molar-refractivity contribution is 0.0949. The monoisotopic (exact) mass is 416 g/mol. The van der Waals surface area contributed by atoms with Gasteiger partial charge in [0.05, 0.1) is 16.6 Å². The summed E-state index contributed by atoms with van der Waals surface area (Å²) in [6.07, 6.45) is 3.32. The van der Waals surface area contributed by atoms with Gasteiger partial charge >= 0.3 is 0 Å². The van der Waals surface area contributed by atoms with Gasteiger partial charge in [0.2, 0.25) is 0 Å². The molecule has 0 fully saturated rings. The van der Waals surface area contributed by atoms with E-state index < -0.39 is 0 Å². The van der Waals surface area contributed by atoms with Gasteiger partial charge in [0.25, 0.3) is 5.91 Å². The fourth-order valence-electron chi connectivity index (χ4n) is 3.34.